The molecule has 1 aromatic rings. The molecule has 4 heteroatoms. The molecule has 76 valence electrons. The SMILES string of the molecule is COC(=O)[C@H](N)COc1ccccc1. The standard InChI is InChI=1S/C10H13NO3/c1-13-10(12)9(11)7-14-8-5-3-2-4-6-8/h2-6,9H,7,11H2,1H3/t9-/m1/s1. The molecule has 0 aromatic heterocycles. The molecular weight excluding hydrogens is 182 g/mol. The predicted molar refractivity (Wildman–Crippen MR) is 51.9 cm³/mol. The minimum Gasteiger partial charge on any atom is -0.491 e. The number of ether oxygens (including phenoxy) is 2. The molecule has 0 aliphatic rings. The van der Waals surface area contributed by atoms with E-state index in [4.69, 9.17) is 10.5 Å². The second-order valence-electron chi connectivity index (χ2n) is 2.75. The van der Waals surface area contributed by atoms with Gasteiger partial charge in [-0.25, -0.2) is 0 Å². The molecule has 2 N–H and O–H groups in total. The van der Waals surface area contributed by atoms with E-state index in [0.717, 1.165) is 0 Å². The number of benzene rings is 1. The van der Waals surface area contributed by atoms with Crippen LogP contribution in [0.25, 0.3) is 0 Å². The second kappa shape index (κ2) is 5.24. The van der Waals surface area contributed by atoms with Crippen molar-refractivity contribution in [1.82, 2.24) is 0 Å². The number of methoxy groups -OCH3 is 1. The first-order valence-electron chi connectivity index (χ1n) is 4.25. The number of nitrogens with two attached hydrogens (primary N) is 1. The average molecular weight is 195 g/mol. The van der Waals surface area contributed by atoms with Gasteiger partial charge in [0.05, 0.1) is 7.11 Å². The molecule has 1 rings (SSSR count). The Kier molecular flexibility index (Phi) is 3.94. The molecule has 0 fully saturated rings. The van der Waals surface area contributed by atoms with E-state index in [1.54, 1.807) is 12.1 Å². The van der Waals surface area contributed by atoms with Crippen molar-refractivity contribution in [2.75, 3.05) is 13.7 Å². The van der Waals surface area contributed by atoms with Gasteiger partial charge in [-0.05, 0) is 12.1 Å². The lowest BCUT2D eigenvalue weighted by atomic mass is 10.3. The highest BCUT2D eigenvalue weighted by Gasteiger charge is 2.13. The minimum absolute atomic E-state index is 0.122. The summed E-state index contributed by atoms with van der Waals surface area (Å²) in [6.07, 6.45) is 0. The lowest BCUT2D eigenvalue weighted by molar-refractivity contribution is -0.142. The maximum absolute atomic E-state index is 10.9. The van der Waals surface area contributed by atoms with Crippen molar-refractivity contribution in [3.63, 3.8) is 0 Å². The highest BCUT2D eigenvalue weighted by atomic mass is 16.5. The molecule has 0 radical (unpaired) electrons. The maximum atomic E-state index is 10.9. The van der Waals surface area contributed by atoms with Gasteiger partial charge in [-0.1, -0.05) is 18.2 Å². The van der Waals surface area contributed by atoms with E-state index >= 15 is 0 Å². The fourth-order valence-electron chi connectivity index (χ4n) is 0.922. The lowest BCUT2D eigenvalue weighted by Gasteiger charge is -2.10. The summed E-state index contributed by atoms with van der Waals surface area (Å²) < 4.78 is 9.72. The smallest absolute Gasteiger partial charge is 0.326 e. The first-order chi connectivity index (χ1) is 6.74. The molecule has 0 unspecified atom stereocenters. The van der Waals surface area contributed by atoms with Crippen LogP contribution >= 0.6 is 0 Å². The summed E-state index contributed by atoms with van der Waals surface area (Å²) in [7, 11) is 1.30. The van der Waals surface area contributed by atoms with Gasteiger partial charge in [-0.3, -0.25) is 4.79 Å². The first-order valence-corrected chi connectivity index (χ1v) is 4.25. The molecule has 0 amide bonds. The van der Waals surface area contributed by atoms with Crippen molar-refractivity contribution in [2.45, 2.75) is 6.04 Å². The van der Waals surface area contributed by atoms with Gasteiger partial charge in [-0.15, -0.1) is 0 Å². The second-order valence-corrected chi connectivity index (χ2v) is 2.75. The zero-order valence-corrected chi connectivity index (χ0v) is 7.97. The third-order valence-corrected chi connectivity index (χ3v) is 1.68. The minimum atomic E-state index is -0.736. The number of carbonyl (C=O) groups is 1. The summed E-state index contributed by atoms with van der Waals surface area (Å²) >= 11 is 0. The van der Waals surface area contributed by atoms with Crippen molar-refractivity contribution in [3.05, 3.63) is 30.3 Å². The van der Waals surface area contributed by atoms with Crippen LogP contribution in [0, 0.1) is 0 Å². The van der Waals surface area contributed by atoms with Crippen molar-refractivity contribution >= 4 is 5.97 Å². The van der Waals surface area contributed by atoms with Crippen molar-refractivity contribution in [2.24, 2.45) is 5.73 Å². The largest absolute Gasteiger partial charge is 0.491 e. The Bertz CT molecular complexity index is 287. The molecule has 0 aliphatic heterocycles. The molecular formula is C10H13NO3. The molecule has 14 heavy (non-hydrogen) atoms. The van der Waals surface area contributed by atoms with Gasteiger partial charge in [0.25, 0.3) is 0 Å². The summed E-state index contributed by atoms with van der Waals surface area (Å²) in [5.41, 5.74) is 5.48. The number of hydrogen-bond acceptors (Lipinski definition) is 4. The lowest BCUT2D eigenvalue weighted by Crippen LogP contribution is -2.37. The molecule has 0 saturated heterocycles. The summed E-state index contributed by atoms with van der Waals surface area (Å²) in [4.78, 5) is 10.9. The van der Waals surface area contributed by atoms with E-state index in [9.17, 15) is 4.79 Å². The van der Waals surface area contributed by atoms with Gasteiger partial charge < -0.3 is 15.2 Å². The Balaban J connectivity index is 2.38. The molecule has 4 nitrogen and oxygen atoms in total. The van der Waals surface area contributed by atoms with E-state index in [2.05, 4.69) is 4.74 Å². The molecule has 0 bridgehead atoms. The Morgan fingerprint density at radius 3 is 2.64 bits per heavy atom. The molecule has 0 saturated carbocycles. The van der Waals surface area contributed by atoms with Crippen molar-refractivity contribution in [3.8, 4) is 5.75 Å². The van der Waals surface area contributed by atoms with E-state index in [1.807, 2.05) is 18.2 Å². The van der Waals surface area contributed by atoms with E-state index in [0.29, 0.717) is 5.75 Å². The first kappa shape index (κ1) is 10.5. The average Bonchev–Trinajstić information content (AvgIpc) is 2.26. The van der Waals surface area contributed by atoms with Crippen LogP contribution in [0.2, 0.25) is 0 Å². The van der Waals surface area contributed by atoms with Gasteiger partial charge in [0.15, 0.2) is 0 Å². The van der Waals surface area contributed by atoms with E-state index in [1.165, 1.54) is 7.11 Å². The highest BCUT2D eigenvalue weighted by Crippen LogP contribution is 2.08. The predicted octanol–water partition coefficient (Wildman–Crippen LogP) is 0.566. The zero-order valence-electron chi connectivity index (χ0n) is 7.97. The van der Waals surface area contributed by atoms with Crippen LogP contribution in [0.4, 0.5) is 0 Å². The summed E-state index contributed by atoms with van der Waals surface area (Å²) in [6.45, 7) is 0.122. The van der Waals surface area contributed by atoms with Crippen molar-refractivity contribution in [1.29, 1.82) is 0 Å². The number of para-hydroxylation sites is 1. The number of rotatable bonds is 4. The Morgan fingerprint density at radius 1 is 1.43 bits per heavy atom. The fraction of sp³-hybridized carbons (Fsp3) is 0.300. The van der Waals surface area contributed by atoms with Crippen LogP contribution in [-0.2, 0) is 9.53 Å². The van der Waals surface area contributed by atoms with Gasteiger partial charge in [0.1, 0.15) is 18.4 Å². The number of hydrogen-bond donors (Lipinski definition) is 1. The van der Waals surface area contributed by atoms with Gasteiger partial charge in [0, 0.05) is 0 Å². The molecule has 1 aromatic carbocycles. The van der Waals surface area contributed by atoms with Gasteiger partial charge in [0.2, 0.25) is 0 Å². The summed E-state index contributed by atoms with van der Waals surface area (Å²) in [5, 5.41) is 0. The van der Waals surface area contributed by atoms with Crippen LogP contribution in [0.1, 0.15) is 0 Å². The van der Waals surface area contributed by atoms with Crippen LogP contribution in [0.5, 0.6) is 5.75 Å². The van der Waals surface area contributed by atoms with E-state index < -0.39 is 12.0 Å². The van der Waals surface area contributed by atoms with Gasteiger partial charge >= 0.3 is 5.97 Å². The topological polar surface area (TPSA) is 61.5 Å². The third-order valence-electron chi connectivity index (χ3n) is 1.68. The number of carbonyl (C=O) groups excluding carboxylic acids is 1. The molecule has 0 heterocycles. The highest BCUT2D eigenvalue weighted by molar-refractivity contribution is 5.75. The quantitative estimate of drug-likeness (QED) is 0.713. The number of esters is 1. The molecule has 0 spiro atoms. The summed E-state index contributed by atoms with van der Waals surface area (Å²) in [5.74, 6) is 0.216. The zero-order chi connectivity index (χ0) is 10.4. The van der Waals surface area contributed by atoms with E-state index in [-0.39, 0.29) is 6.61 Å². The maximum Gasteiger partial charge on any atom is 0.326 e. The Labute approximate surface area is 82.6 Å². The van der Waals surface area contributed by atoms with Crippen LogP contribution in [-0.4, -0.2) is 25.7 Å². The Morgan fingerprint density at radius 2 is 2.07 bits per heavy atom. The van der Waals surface area contributed by atoms with Crippen LogP contribution < -0.4 is 10.5 Å². The monoisotopic (exact) mass is 195 g/mol. The normalized spacial score (nSPS) is 11.9. The van der Waals surface area contributed by atoms with Gasteiger partial charge in [-0.2, -0.15) is 0 Å². The Hall–Kier alpha value is -1.55. The third kappa shape index (κ3) is 3.06. The fourth-order valence-corrected chi connectivity index (χ4v) is 0.922. The molecule has 1 atom stereocenters. The van der Waals surface area contributed by atoms with Crippen LogP contribution in [0.3, 0.4) is 0 Å². The summed E-state index contributed by atoms with van der Waals surface area (Å²) in [6, 6.07) is 8.43. The molecule has 0 aliphatic carbocycles. The van der Waals surface area contributed by atoms with Crippen LogP contribution in [0.15, 0.2) is 30.3 Å². The van der Waals surface area contributed by atoms with Crippen molar-refractivity contribution < 1.29 is 14.3 Å².